The molecule has 0 unspecified atom stereocenters. The minimum absolute atomic E-state index is 0.0773. The van der Waals surface area contributed by atoms with E-state index in [9.17, 15) is 9.59 Å². The average Bonchev–Trinajstić information content (AvgIpc) is 2.31. The van der Waals surface area contributed by atoms with Crippen LogP contribution in [0.15, 0.2) is 12.1 Å². The van der Waals surface area contributed by atoms with Crippen LogP contribution in [0.5, 0.6) is 0 Å². The van der Waals surface area contributed by atoms with Gasteiger partial charge in [-0.3, -0.25) is 4.79 Å². The number of hydrogen-bond acceptors (Lipinski definition) is 3. The number of aliphatic carboxylic acids is 1. The number of carbonyl (C=O) groups excluding carboxylic acids is 1. The van der Waals surface area contributed by atoms with E-state index in [1.807, 2.05) is 6.92 Å². The summed E-state index contributed by atoms with van der Waals surface area (Å²) in [6.07, 6.45) is 0.965. The fraction of sp³-hybridized carbons (Fsp3) is 0.364. The highest BCUT2D eigenvalue weighted by Crippen LogP contribution is 2.17. The SMILES string of the molecule is CCC[C@@H](NC(=O)c1nc(Cl)ccc1Cl)C(=O)O. The van der Waals surface area contributed by atoms with Gasteiger partial charge in [0.05, 0.1) is 5.02 Å². The Balaban J connectivity index is 2.86. The van der Waals surface area contributed by atoms with Crippen molar-refractivity contribution in [1.82, 2.24) is 10.3 Å². The molecule has 0 radical (unpaired) electrons. The molecular formula is C11H12Cl2N2O3. The van der Waals surface area contributed by atoms with Crippen LogP contribution in [-0.4, -0.2) is 28.0 Å². The first kappa shape index (κ1) is 14.7. The number of rotatable bonds is 5. The lowest BCUT2D eigenvalue weighted by atomic mass is 10.1. The molecule has 2 N–H and O–H groups in total. The summed E-state index contributed by atoms with van der Waals surface area (Å²) in [6, 6.07) is 1.92. The van der Waals surface area contributed by atoms with E-state index < -0.39 is 17.9 Å². The van der Waals surface area contributed by atoms with Crippen LogP contribution in [0, 0.1) is 0 Å². The summed E-state index contributed by atoms with van der Waals surface area (Å²) in [4.78, 5) is 26.5. The molecule has 0 fully saturated rings. The molecule has 0 bridgehead atoms. The molecule has 1 amide bonds. The highest BCUT2D eigenvalue weighted by atomic mass is 35.5. The van der Waals surface area contributed by atoms with Gasteiger partial charge in [0.2, 0.25) is 0 Å². The third kappa shape index (κ3) is 3.85. The van der Waals surface area contributed by atoms with E-state index in [4.69, 9.17) is 28.3 Å². The Labute approximate surface area is 114 Å². The topological polar surface area (TPSA) is 79.3 Å². The molecule has 0 saturated heterocycles. The van der Waals surface area contributed by atoms with Crippen LogP contribution in [0.4, 0.5) is 0 Å². The van der Waals surface area contributed by atoms with Crippen LogP contribution < -0.4 is 5.32 Å². The summed E-state index contributed by atoms with van der Waals surface area (Å²) in [5, 5.41) is 11.5. The zero-order valence-corrected chi connectivity index (χ0v) is 11.1. The number of aromatic nitrogens is 1. The van der Waals surface area contributed by atoms with Crippen molar-refractivity contribution in [2.75, 3.05) is 0 Å². The molecule has 0 saturated carbocycles. The van der Waals surface area contributed by atoms with Gasteiger partial charge in [0.15, 0.2) is 0 Å². The number of carboxylic acid groups (broad SMARTS) is 1. The van der Waals surface area contributed by atoms with Crippen molar-refractivity contribution >= 4 is 35.1 Å². The maximum absolute atomic E-state index is 11.8. The van der Waals surface area contributed by atoms with Crippen molar-refractivity contribution in [3.63, 3.8) is 0 Å². The van der Waals surface area contributed by atoms with Crippen LogP contribution >= 0.6 is 23.2 Å². The van der Waals surface area contributed by atoms with E-state index in [0.717, 1.165) is 0 Å². The normalized spacial score (nSPS) is 11.9. The number of nitrogens with zero attached hydrogens (tertiary/aromatic N) is 1. The minimum Gasteiger partial charge on any atom is -0.480 e. The summed E-state index contributed by atoms with van der Waals surface area (Å²) in [5.41, 5.74) is -0.0773. The number of nitrogens with one attached hydrogen (secondary N) is 1. The predicted octanol–water partition coefficient (Wildman–Crippen LogP) is 2.37. The maximum Gasteiger partial charge on any atom is 0.326 e. The quantitative estimate of drug-likeness (QED) is 0.816. The molecule has 1 rings (SSSR count). The fourth-order valence-electron chi connectivity index (χ4n) is 1.35. The Morgan fingerprint density at radius 1 is 1.44 bits per heavy atom. The van der Waals surface area contributed by atoms with Gasteiger partial charge in [0.25, 0.3) is 5.91 Å². The van der Waals surface area contributed by atoms with E-state index >= 15 is 0 Å². The summed E-state index contributed by atoms with van der Waals surface area (Å²) < 4.78 is 0. The summed E-state index contributed by atoms with van der Waals surface area (Å²) in [6.45, 7) is 1.83. The number of hydrogen-bond donors (Lipinski definition) is 2. The molecule has 0 aromatic carbocycles. The van der Waals surface area contributed by atoms with E-state index in [2.05, 4.69) is 10.3 Å². The predicted molar refractivity (Wildman–Crippen MR) is 68.1 cm³/mol. The molecule has 98 valence electrons. The van der Waals surface area contributed by atoms with Crippen LogP contribution in [0.3, 0.4) is 0 Å². The Kier molecular flexibility index (Phi) is 5.37. The van der Waals surface area contributed by atoms with Gasteiger partial charge in [0.1, 0.15) is 16.9 Å². The standard InChI is InChI=1S/C11H12Cl2N2O3/c1-2-3-7(11(17)18)14-10(16)9-6(12)4-5-8(13)15-9/h4-5,7H,2-3H2,1H3,(H,14,16)(H,17,18)/t7-/m1/s1. The summed E-state index contributed by atoms with van der Waals surface area (Å²) in [5.74, 6) is -1.74. The first-order valence-corrected chi connectivity index (χ1v) is 6.07. The average molecular weight is 291 g/mol. The highest BCUT2D eigenvalue weighted by Gasteiger charge is 2.21. The summed E-state index contributed by atoms with van der Waals surface area (Å²) >= 11 is 11.5. The van der Waals surface area contributed by atoms with E-state index in [1.165, 1.54) is 12.1 Å². The lowest BCUT2D eigenvalue weighted by molar-refractivity contribution is -0.139. The molecule has 0 aliphatic heterocycles. The van der Waals surface area contributed by atoms with Crippen molar-refractivity contribution in [2.24, 2.45) is 0 Å². The molecule has 1 heterocycles. The first-order valence-electron chi connectivity index (χ1n) is 5.31. The molecule has 18 heavy (non-hydrogen) atoms. The van der Waals surface area contributed by atoms with Crippen molar-refractivity contribution in [3.8, 4) is 0 Å². The molecule has 1 aromatic heterocycles. The van der Waals surface area contributed by atoms with Crippen molar-refractivity contribution < 1.29 is 14.7 Å². The fourth-order valence-corrected chi connectivity index (χ4v) is 1.69. The molecule has 5 nitrogen and oxygen atoms in total. The van der Waals surface area contributed by atoms with Gasteiger partial charge in [-0.15, -0.1) is 0 Å². The smallest absolute Gasteiger partial charge is 0.326 e. The molecule has 0 spiro atoms. The van der Waals surface area contributed by atoms with Crippen molar-refractivity contribution in [2.45, 2.75) is 25.8 Å². The largest absolute Gasteiger partial charge is 0.480 e. The zero-order valence-electron chi connectivity index (χ0n) is 9.61. The molecule has 0 aliphatic carbocycles. The van der Waals surface area contributed by atoms with Gasteiger partial charge in [-0.05, 0) is 18.6 Å². The number of amides is 1. The third-order valence-electron chi connectivity index (χ3n) is 2.21. The second kappa shape index (κ2) is 6.56. The molecule has 1 aromatic rings. The Morgan fingerprint density at radius 3 is 2.67 bits per heavy atom. The molecule has 0 aliphatic rings. The van der Waals surface area contributed by atoms with Crippen LogP contribution in [0.1, 0.15) is 30.3 Å². The summed E-state index contributed by atoms with van der Waals surface area (Å²) in [7, 11) is 0. The van der Waals surface area contributed by atoms with Gasteiger partial charge in [-0.1, -0.05) is 36.5 Å². The number of carboxylic acids is 1. The van der Waals surface area contributed by atoms with Gasteiger partial charge in [-0.2, -0.15) is 0 Å². The zero-order chi connectivity index (χ0) is 13.7. The van der Waals surface area contributed by atoms with E-state index in [0.29, 0.717) is 12.8 Å². The number of pyridine rings is 1. The highest BCUT2D eigenvalue weighted by molar-refractivity contribution is 6.34. The maximum atomic E-state index is 11.8. The van der Waals surface area contributed by atoms with Crippen LogP contribution in [0.2, 0.25) is 10.2 Å². The molecular weight excluding hydrogens is 279 g/mol. The molecule has 1 atom stereocenters. The van der Waals surface area contributed by atoms with Gasteiger partial charge in [0, 0.05) is 0 Å². The van der Waals surface area contributed by atoms with Crippen LogP contribution in [0.25, 0.3) is 0 Å². The van der Waals surface area contributed by atoms with E-state index in [1.54, 1.807) is 0 Å². The third-order valence-corrected chi connectivity index (χ3v) is 2.72. The second-order valence-electron chi connectivity index (χ2n) is 3.62. The lowest BCUT2D eigenvalue weighted by Crippen LogP contribution is -2.41. The monoisotopic (exact) mass is 290 g/mol. The Bertz CT molecular complexity index is 466. The van der Waals surface area contributed by atoms with Gasteiger partial charge >= 0.3 is 5.97 Å². The number of halogens is 2. The second-order valence-corrected chi connectivity index (χ2v) is 4.41. The Morgan fingerprint density at radius 2 is 2.11 bits per heavy atom. The van der Waals surface area contributed by atoms with Gasteiger partial charge in [-0.25, -0.2) is 9.78 Å². The lowest BCUT2D eigenvalue weighted by Gasteiger charge is -2.13. The van der Waals surface area contributed by atoms with Crippen LogP contribution in [-0.2, 0) is 4.79 Å². The van der Waals surface area contributed by atoms with Crippen molar-refractivity contribution in [1.29, 1.82) is 0 Å². The molecule has 7 heteroatoms. The van der Waals surface area contributed by atoms with Gasteiger partial charge < -0.3 is 10.4 Å². The van der Waals surface area contributed by atoms with E-state index in [-0.39, 0.29) is 15.9 Å². The van der Waals surface area contributed by atoms with Crippen molar-refractivity contribution in [3.05, 3.63) is 28.0 Å². The Hall–Kier alpha value is -1.33. The minimum atomic E-state index is -1.09. The first-order chi connectivity index (χ1) is 8.45. The number of carbonyl (C=O) groups is 2.